The third kappa shape index (κ3) is 2.07. The number of rotatable bonds is 1. The maximum absolute atomic E-state index is 10.8. The van der Waals surface area contributed by atoms with Crippen molar-refractivity contribution in [3.8, 4) is 0 Å². The lowest BCUT2D eigenvalue weighted by molar-refractivity contribution is 0.220. The van der Waals surface area contributed by atoms with Crippen molar-refractivity contribution in [2.45, 2.75) is 6.10 Å². The van der Waals surface area contributed by atoms with Crippen LogP contribution in [0.5, 0.6) is 0 Å². The lowest BCUT2D eigenvalue weighted by Gasteiger charge is -2.15. The van der Waals surface area contributed by atoms with Crippen LogP contribution in [0.4, 0.5) is 0 Å². The van der Waals surface area contributed by atoms with Crippen LogP contribution < -0.4 is 0 Å². The van der Waals surface area contributed by atoms with Crippen molar-refractivity contribution in [2.75, 3.05) is 0 Å². The first-order chi connectivity index (χ1) is 10.8. The van der Waals surface area contributed by atoms with Gasteiger partial charge in [-0.1, -0.05) is 78.9 Å². The second-order valence-corrected chi connectivity index (χ2v) is 5.54. The van der Waals surface area contributed by atoms with E-state index in [1.807, 2.05) is 54.6 Å². The van der Waals surface area contributed by atoms with E-state index in [1.54, 1.807) is 0 Å². The number of hydrogen-bond donors (Lipinski definition) is 1. The van der Waals surface area contributed by atoms with E-state index in [0.717, 1.165) is 27.8 Å². The number of aliphatic hydroxyl groups excluding tert-OH is 1. The third-order valence-electron chi connectivity index (χ3n) is 4.22. The summed E-state index contributed by atoms with van der Waals surface area (Å²) in [4.78, 5) is 0. The molecule has 0 bridgehead atoms. The van der Waals surface area contributed by atoms with Crippen molar-refractivity contribution in [2.24, 2.45) is 0 Å². The van der Waals surface area contributed by atoms with E-state index >= 15 is 0 Å². The molecule has 22 heavy (non-hydrogen) atoms. The number of hydrogen-bond acceptors (Lipinski definition) is 1. The van der Waals surface area contributed by atoms with Gasteiger partial charge in [-0.3, -0.25) is 0 Å². The number of fused-ring (bicyclic) bond motifs is 2. The first-order valence-corrected chi connectivity index (χ1v) is 7.48. The van der Waals surface area contributed by atoms with Crippen molar-refractivity contribution < 1.29 is 5.11 Å². The third-order valence-corrected chi connectivity index (χ3v) is 4.22. The number of benzene rings is 3. The summed E-state index contributed by atoms with van der Waals surface area (Å²) in [7, 11) is 0. The molecule has 4 rings (SSSR count). The molecule has 0 heterocycles. The second-order valence-electron chi connectivity index (χ2n) is 5.54. The summed E-state index contributed by atoms with van der Waals surface area (Å²) in [6.07, 6.45) is 1.59. The summed E-state index contributed by atoms with van der Waals surface area (Å²) in [5.74, 6) is 0. The lowest BCUT2D eigenvalue weighted by atomic mass is 9.92. The predicted octanol–water partition coefficient (Wildman–Crippen LogP) is 4.67. The molecule has 1 unspecified atom stereocenters. The fourth-order valence-corrected chi connectivity index (χ4v) is 3.13. The predicted molar refractivity (Wildman–Crippen MR) is 90.4 cm³/mol. The van der Waals surface area contributed by atoms with E-state index in [4.69, 9.17) is 0 Å². The van der Waals surface area contributed by atoms with Gasteiger partial charge < -0.3 is 5.11 Å². The summed E-state index contributed by atoms with van der Waals surface area (Å²) in [6, 6.07) is 26.5. The van der Waals surface area contributed by atoms with Crippen molar-refractivity contribution in [3.05, 3.63) is 107 Å². The minimum atomic E-state index is -0.593. The highest BCUT2D eigenvalue weighted by atomic mass is 16.3. The van der Waals surface area contributed by atoms with E-state index in [1.165, 1.54) is 5.56 Å². The molecule has 0 aliphatic heterocycles. The molecule has 0 fully saturated rings. The van der Waals surface area contributed by atoms with Gasteiger partial charge in [-0.2, -0.15) is 0 Å². The molecule has 0 aromatic heterocycles. The SMILES string of the molecule is OC1c2ccccc2C=C(c2ccccc2)c2ccccc21. The van der Waals surface area contributed by atoms with E-state index in [9.17, 15) is 5.11 Å². The highest BCUT2D eigenvalue weighted by molar-refractivity contribution is 5.94. The number of aliphatic hydroxyl groups is 1. The summed E-state index contributed by atoms with van der Waals surface area (Å²) >= 11 is 0. The minimum absolute atomic E-state index is 0.593. The standard InChI is InChI=1S/C21H16O/c22-21-17-11-5-4-10-16(17)14-20(15-8-2-1-3-9-15)18-12-6-7-13-19(18)21/h1-14,21-22H. The first kappa shape index (κ1) is 13.1. The maximum atomic E-state index is 10.8. The van der Waals surface area contributed by atoms with Crippen LogP contribution in [0.1, 0.15) is 33.9 Å². The van der Waals surface area contributed by atoms with Crippen LogP contribution in [0.3, 0.4) is 0 Å². The Bertz CT molecular complexity index is 847. The van der Waals surface area contributed by atoms with E-state index < -0.39 is 6.10 Å². The lowest BCUT2D eigenvalue weighted by Crippen LogP contribution is -2.02. The van der Waals surface area contributed by atoms with Gasteiger partial charge in [0.25, 0.3) is 0 Å². The van der Waals surface area contributed by atoms with Crippen molar-refractivity contribution in [3.63, 3.8) is 0 Å². The average Bonchev–Trinajstić information content (AvgIpc) is 2.72. The Kier molecular flexibility index (Phi) is 3.14. The van der Waals surface area contributed by atoms with Crippen molar-refractivity contribution in [1.29, 1.82) is 0 Å². The molecule has 1 atom stereocenters. The molecule has 0 saturated carbocycles. The highest BCUT2D eigenvalue weighted by Gasteiger charge is 2.22. The van der Waals surface area contributed by atoms with Crippen molar-refractivity contribution in [1.82, 2.24) is 0 Å². The van der Waals surface area contributed by atoms with Gasteiger partial charge in [0.1, 0.15) is 6.10 Å². The molecule has 1 nitrogen and oxygen atoms in total. The van der Waals surface area contributed by atoms with Gasteiger partial charge in [-0.25, -0.2) is 0 Å². The zero-order chi connectivity index (χ0) is 14.9. The zero-order valence-electron chi connectivity index (χ0n) is 12.1. The molecular weight excluding hydrogens is 268 g/mol. The van der Waals surface area contributed by atoms with Crippen molar-refractivity contribution >= 4 is 11.6 Å². The van der Waals surface area contributed by atoms with E-state index in [0.29, 0.717) is 0 Å². The molecule has 1 N–H and O–H groups in total. The average molecular weight is 284 g/mol. The summed E-state index contributed by atoms with van der Waals surface area (Å²) in [5, 5.41) is 10.8. The van der Waals surface area contributed by atoms with Crippen LogP contribution >= 0.6 is 0 Å². The van der Waals surface area contributed by atoms with E-state index in [-0.39, 0.29) is 0 Å². The van der Waals surface area contributed by atoms with Gasteiger partial charge in [0.2, 0.25) is 0 Å². The van der Waals surface area contributed by atoms with Crippen LogP contribution in [0.15, 0.2) is 78.9 Å². The Morgan fingerprint density at radius 1 is 0.636 bits per heavy atom. The Morgan fingerprint density at radius 3 is 2.09 bits per heavy atom. The van der Waals surface area contributed by atoms with Crippen LogP contribution in [0.25, 0.3) is 11.6 Å². The fourth-order valence-electron chi connectivity index (χ4n) is 3.13. The summed E-state index contributed by atoms with van der Waals surface area (Å²) < 4.78 is 0. The molecule has 3 aromatic rings. The Balaban J connectivity index is 2.04. The molecule has 1 heteroatoms. The first-order valence-electron chi connectivity index (χ1n) is 7.48. The largest absolute Gasteiger partial charge is 0.384 e. The van der Waals surface area contributed by atoms with E-state index in [2.05, 4.69) is 30.3 Å². The zero-order valence-corrected chi connectivity index (χ0v) is 12.1. The smallest absolute Gasteiger partial charge is 0.105 e. The van der Waals surface area contributed by atoms with Gasteiger partial charge in [0.15, 0.2) is 0 Å². The van der Waals surface area contributed by atoms with Crippen LogP contribution in [-0.4, -0.2) is 5.11 Å². The fraction of sp³-hybridized carbons (Fsp3) is 0.0476. The topological polar surface area (TPSA) is 20.2 Å². The maximum Gasteiger partial charge on any atom is 0.105 e. The molecule has 0 saturated heterocycles. The minimum Gasteiger partial charge on any atom is -0.384 e. The Labute approximate surface area is 130 Å². The molecule has 0 spiro atoms. The quantitative estimate of drug-likeness (QED) is 0.688. The monoisotopic (exact) mass is 284 g/mol. The van der Waals surface area contributed by atoms with Gasteiger partial charge in [0.05, 0.1) is 0 Å². The second kappa shape index (κ2) is 5.28. The molecule has 0 amide bonds. The van der Waals surface area contributed by atoms with Gasteiger partial charge in [-0.05, 0) is 39.5 Å². The normalized spacial score (nSPS) is 16.2. The van der Waals surface area contributed by atoms with Crippen LogP contribution in [0.2, 0.25) is 0 Å². The molecule has 1 aliphatic carbocycles. The van der Waals surface area contributed by atoms with Crippen LogP contribution in [0, 0.1) is 0 Å². The molecule has 0 radical (unpaired) electrons. The van der Waals surface area contributed by atoms with Gasteiger partial charge >= 0.3 is 0 Å². The Hall–Kier alpha value is -2.64. The summed E-state index contributed by atoms with van der Waals surface area (Å²) in [6.45, 7) is 0. The highest BCUT2D eigenvalue weighted by Crippen LogP contribution is 2.38. The summed E-state index contributed by atoms with van der Waals surface area (Å²) in [5.41, 5.74) is 6.41. The Morgan fingerprint density at radius 2 is 1.27 bits per heavy atom. The van der Waals surface area contributed by atoms with Crippen LogP contribution in [-0.2, 0) is 0 Å². The molecule has 1 aliphatic rings. The molecular formula is C21H16O. The molecule has 106 valence electrons. The molecule has 3 aromatic carbocycles. The van der Waals surface area contributed by atoms with Gasteiger partial charge in [-0.15, -0.1) is 0 Å². The van der Waals surface area contributed by atoms with Gasteiger partial charge in [0, 0.05) is 0 Å².